The summed E-state index contributed by atoms with van der Waals surface area (Å²) in [4.78, 5) is 16.8. The largest absolute Gasteiger partial charge is 0.497 e. The number of hydrogen-bond donors (Lipinski definition) is 2. The molecule has 5 heteroatoms. The molecule has 0 atom stereocenters. The summed E-state index contributed by atoms with van der Waals surface area (Å²) in [5, 5.41) is 6.11. The van der Waals surface area contributed by atoms with Gasteiger partial charge in [-0.15, -0.1) is 0 Å². The van der Waals surface area contributed by atoms with Crippen molar-refractivity contribution in [2.45, 2.75) is 19.8 Å². The number of aromatic nitrogens is 1. The third-order valence-corrected chi connectivity index (χ3v) is 4.20. The molecule has 138 valence electrons. The number of pyridine rings is 1. The van der Waals surface area contributed by atoms with E-state index in [1.807, 2.05) is 30.3 Å². The highest BCUT2D eigenvalue weighted by Gasteiger charge is 2.08. The number of amides is 1. The van der Waals surface area contributed by atoms with Crippen LogP contribution in [-0.4, -0.2) is 18.0 Å². The van der Waals surface area contributed by atoms with Gasteiger partial charge in [0.1, 0.15) is 11.6 Å². The number of carbonyl (C=O) groups is 1. The second-order valence-corrected chi connectivity index (χ2v) is 6.52. The molecule has 1 amide bonds. The molecule has 1 heterocycles. The first kappa shape index (κ1) is 18.5. The minimum absolute atomic E-state index is 0.205. The summed E-state index contributed by atoms with van der Waals surface area (Å²) in [7, 11) is 1.59. The summed E-state index contributed by atoms with van der Waals surface area (Å²) in [5.74, 6) is 1.59. The molecule has 0 aliphatic carbocycles. The minimum Gasteiger partial charge on any atom is -0.497 e. The van der Waals surface area contributed by atoms with E-state index in [2.05, 4.69) is 41.6 Å². The van der Waals surface area contributed by atoms with Crippen LogP contribution < -0.4 is 15.4 Å². The summed E-state index contributed by atoms with van der Waals surface area (Å²) in [6.07, 6.45) is 1.62. The molecule has 3 aromatic rings. The normalized spacial score (nSPS) is 10.5. The van der Waals surface area contributed by atoms with E-state index < -0.39 is 0 Å². The maximum Gasteiger partial charge on any atom is 0.255 e. The molecule has 2 aromatic carbocycles. The van der Waals surface area contributed by atoms with Gasteiger partial charge in [0.25, 0.3) is 5.91 Å². The van der Waals surface area contributed by atoms with Crippen molar-refractivity contribution in [1.29, 1.82) is 0 Å². The summed E-state index contributed by atoms with van der Waals surface area (Å²) >= 11 is 0. The van der Waals surface area contributed by atoms with Gasteiger partial charge in [0.15, 0.2) is 0 Å². The first-order valence-corrected chi connectivity index (χ1v) is 8.83. The van der Waals surface area contributed by atoms with Crippen LogP contribution in [0.5, 0.6) is 5.75 Å². The predicted octanol–water partition coefficient (Wildman–Crippen LogP) is 5.21. The van der Waals surface area contributed by atoms with E-state index >= 15 is 0 Å². The van der Waals surface area contributed by atoms with Gasteiger partial charge in [-0.25, -0.2) is 4.98 Å². The Hall–Kier alpha value is -3.34. The van der Waals surface area contributed by atoms with E-state index in [1.165, 1.54) is 5.56 Å². The topological polar surface area (TPSA) is 63.2 Å². The zero-order chi connectivity index (χ0) is 19.2. The second-order valence-electron chi connectivity index (χ2n) is 6.52. The Labute approximate surface area is 159 Å². The van der Waals surface area contributed by atoms with Crippen LogP contribution in [0.3, 0.4) is 0 Å². The van der Waals surface area contributed by atoms with Crippen molar-refractivity contribution in [1.82, 2.24) is 4.98 Å². The maximum atomic E-state index is 12.5. The SMILES string of the molecule is COc1cccc(NC(=O)c2ccnc(Nc3ccc(C(C)C)cc3)c2)c1. The van der Waals surface area contributed by atoms with E-state index in [0.717, 1.165) is 5.69 Å². The molecule has 0 unspecified atom stereocenters. The Morgan fingerprint density at radius 3 is 2.48 bits per heavy atom. The number of methoxy groups -OCH3 is 1. The lowest BCUT2D eigenvalue weighted by atomic mass is 10.0. The number of nitrogens with one attached hydrogen (secondary N) is 2. The molecule has 27 heavy (non-hydrogen) atoms. The third-order valence-electron chi connectivity index (χ3n) is 4.20. The van der Waals surface area contributed by atoms with Crippen molar-refractivity contribution in [3.05, 3.63) is 78.0 Å². The maximum absolute atomic E-state index is 12.5. The molecular weight excluding hydrogens is 338 g/mol. The highest BCUT2D eigenvalue weighted by molar-refractivity contribution is 6.04. The van der Waals surface area contributed by atoms with E-state index in [-0.39, 0.29) is 5.91 Å². The van der Waals surface area contributed by atoms with Gasteiger partial charge in [-0.2, -0.15) is 0 Å². The van der Waals surface area contributed by atoms with E-state index in [4.69, 9.17) is 4.74 Å². The molecule has 2 N–H and O–H groups in total. The van der Waals surface area contributed by atoms with Crippen LogP contribution in [0.2, 0.25) is 0 Å². The van der Waals surface area contributed by atoms with Crippen LogP contribution in [0.15, 0.2) is 66.9 Å². The Balaban J connectivity index is 1.71. The fourth-order valence-corrected chi connectivity index (χ4v) is 2.64. The van der Waals surface area contributed by atoms with Crippen LogP contribution in [0.25, 0.3) is 0 Å². The van der Waals surface area contributed by atoms with Crippen molar-refractivity contribution in [2.75, 3.05) is 17.7 Å². The molecule has 5 nitrogen and oxygen atoms in total. The van der Waals surface area contributed by atoms with Gasteiger partial charge < -0.3 is 15.4 Å². The monoisotopic (exact) mass is 361 g/mol. The smallest absolute Gasteiger partial charge is 0.255 e. The number of carbonyl (C=O) groups excluding carboxylic acids is 1. The van der Waals surface area contributed by atoms with Crippen LogP contribution >= 0.6 is 0 Å². The molecule has 1 aromatic heterocycles. The molecule has 0 radical (unpaired) electrons. The van der Waals surface area contributed by atoms with Crippen molar-refractivity contribution in [3.63, 3.8) is 0 Å². The molecule has 0 aliphatic heterocycles. The van der Waals surface area contributed by atoms with E-state index in [1.54, 1.807) is 31.5 Å². The zero-order valence-corrected chi connectivity index (χ0v) is 15.7. The average Bonchev–Trinajstić information content (AvgIpc) is 2.68. The van der Waals surface area contributed by atoms with E-state index in [0.29, 0.717) is 28.7 Å². The fourth-order valence-electron chi connectivity index (χ4n) is 2.64. The van der Waals surface area contributed by atoms with Crippen LogP contribution in [0.4, 0.5) is 17.2 Å². The van der Waals surface area contributed by atoms with Crippen molar-refractivity contribution < 1.29 is 9.53 Å². The molecular formula is C22H23N3O2. The van der Waals surface area contributed by atoms with Gasteiger partial charge in [0, 0.05) is 29.2 Å². The van der Waals surface area contributed by atoms with Crippen molar-refractivity contribution >= 4 is 23.1 Å². The number of nitrogens with zero attached hydrogens (tertiary/aromatic N) is 1. The molecule has 0 fully saturated rings. The molecule has 0 saturated carbocycles. The van der Waals surface area contributed by atoms with Crippen molar-refractivity contribution in [2.24, 2.45) is 0 Å². The quantitative estimate of drug-likeness (QED) is 0.633. The number of rotatable bonds is 6. The highest BCUT2D eigenvalue weighted by atomic mass is 16.5. The number of anilines is 3. The molecule has 0 bridgehead atoms. The standard InChI is InChI=1S/C22H23N3O2/c1-15(2)16-7-9-18(10-8-16)24-21-13-17(11-12-23-21)22(26)25-19-5-4-6-20(14-19)27-3/h4-15H,1-3H3,(H,23,24)(H,25,26). The number of ether oxygens (including phenoxy) is 1. The first-order chi connectivity index (χ1) is 13.0. The van der Waals surface area contributed by atoms with Gasteiger partial charge in [-0.1, -0.05) is 32.0 Å². The Morgan fingerprint density at radius 2 is 1.78 bits per heavy atom. The Bertz CT molecular complexity index is 921. The lowest BCUT2D eigenvalue weighted by Gasteiger charge is -2.10. The summed E-state index contributed by atoms with van der Waals surface area (Å²) < 4.78 is 5.18. The van der Waals surface area contributed by atoms with Gasteiger partial charge >= 0.3 is 0 Å². The van der Waals surface area contributed by atoms with Crippen molar-refractivity contribution in [3.8, 4) is 5.75 Å². The minimum atomic E-state index is -0.205. The Kier molecular flexibility index (Phi) is 5.71. The van der Waals surface area contributed by atoms with Gasteiger partial charge in [-0.3, -0.25) is 4.79 Å². The Morgan fingerprint density at radius 1 is 1.00 bits per heavy atom. The number of hydrogen-bond acceptors (Lipinski definition) is 4. The summed E-state index contributed by atoms with van der Waals surface area (Å²) in [6, 6.07) is 18.9. The second kappa shape index (κ2) is 8.36. The highest BCUT2D eigenvalue weighted by Crippen LogP contribution is 2.21. The van der Waals surface area contributed by atoms with E-state index in [9.17, 15) is 4.79 Å². The lowest BCUT2D eigenvalue weighted by Crippen LogP contribution is -2.12. The van der Waals surface area contributed by atoms with Crippen LogP contribution in [0, 0.1) is 0 Å². The van der Waals surface area contributed by atoms with Gasteiger partial charge in [0.2, 0.25) is 0 Å². The van der Waals surface area contributed by atoms with Crippen LogP contribution in [0.1, 0.15) is 35.7 Å². The fraction of sp³-hybridized carbons (Fsp3) is 0.182. The molecule has 0 spiro atoms. The molecule has 0 aliphatic rings. The molecule has 3 rings (SSSR count). The van der Waals surface area contributed by atoms with Crippen LogP contribution in [-0.2, 0) is 0 Å². The third kappa shape index (κ3) is 4.85. The zero-order valence-electron chi connectivity index (χ0n) is 15.7. The first-order valence-electron chi connectivity index (χ1n) is 8.83. The summed E-state index contributed by atoms with van der Waals surface area (Å²) in [5.41, 5.74) is 3.40. The average molecular weight is 361 g/mol. The predicted molar refractivity (Wildman–Crippen MR) is 109 cm³/mol. The summed E-state index contributed by atoms with van der Waals surface area (Å²) in [6.45, 7) is 4.32. The number of benzene rings is 2. The lowest BCUT2D eigenvalue weighted by molar-refractivity contribution is 0.102. The van der Waals surface area contributed by atoms with Gasteiger partial charge in [0.05, 0.1) is 7.11 Å². The molecule has 0 saturated heterocycles. The van der Waals surface area contributed by atoms with Gasteiger partial charge in [-0.05, 0) is 47.9 Å².